The Morgan fingerprint density at radius 1 is 1.15 bits per heavy atom. The number of nitrogens with two attached hydrogens (primary N) is 1. The highest BCUT2D eigenvalue weighted by molar-refractivity contribution is 8.01. The molecule has 0 radical (unpaired) electrons. The number of halogens is 1. The summed E-state index contributed by atoms with van der Waals surface area (Å²) in [4.78, 5) is 0.0352. The average Bonchev–Trinajstić information content (AvgIpc) is 3.08. The zero-order chi connectivity index (χ0) is 19.3. The lowest BCUT2D eigenvalue weighted by atomic mass is 10.3. The molecule has 0 unspecified atom stereocenters. The van der Waals surface area contributed by atoms with E-state index in [9.17, 15) is 12.8 Å². The summed E-state index contributed by atoms with van der Waals surface area (Å²) in [5.74, 6) is 0.802. The van der Waals surface area contributed by atoms with E-state index < -0.39 is 10.0 Å². The Balaban J connectivity index is 1.46. The summed E-state index contributed by atoms with van der Waals surface area (Å²) >= 11 is 2.77. The molecule has 1 heterocycles. The number of para-hydroxylation sites is 1. The molecule has 0 fully saturated rings. The number of ether oxygens (including phenoxy) is 1. The second-order valence-electron chi connectivity index (χ2n) is 5.19. The fourth-order valence-corrected chi connectivity index (χ4v) is 4.18. The van der Waals surface area contributed by atoms with Gasteiger partial charge in [0, 0.05) is 5.75 Å². The first-order chi connectivity index (χ1) is 12.9. The van der Waals surface area contributed by atoms with Gasteiger partial charge in [-0.2, -0.15) is 0 Å². The van der Waals surface area contributed by atoms with Crippen LogP contribution in [0.5, 0.6) is 5.75 Å². The molecule has 142 valence electrons. The van der Waals surface area contributed by atoms with Crippen LogP contribution in [0.2, 0.25) is 0 Å². The molecule has 3 aromatic rings. The molecule has 11 heteroatoms. The smallest absolute Gasteiger partial charge is 0.238 e. The van der Waals surface area contributed by atoms with Crippen LogP contribution in [0.15, 0.2) is 57.8 Å². The minimum Gasteiger partial charge on any atom is -0.493 e. The number of nitrogens with one attached hydrogen (secondary N) is 1. The highest BCUT2D eigenvalue weighted by Crippen LogP contribution is 2.28. The highest BCUT2D eigenvalue weighted by atomic mass is 32.2. The van der Waals surface area contributed by atoms with E-state index in [1.165, 1.54) is 41.3 Å². The van der Waals surface area contributed by atoms with E-state index in [0.29, 0.717) is 28.9 Å². The van der Waals surface area contributed by atoms with Gasteiger partial charge in [-0.05, 0) is 36.4 Å². The van der Waals surface area contributed by atoms with E-state index >= 15 is 0 Å². The Kier molecular flexibility index (Phi) is 6.26. The van der Waals surface area contributed by atoms with Crippen LogP contribution in [0.3, 0.4) is 0 Å². The first-order valence-corrected chi connectivity index (χ1v) is 11.0. The highest BCUT2D eigenvalue weighted by Gasteiger charge is 2.09. The molecule has 0 atom stereocenters. The quantitative estimate of drug-likeness (QED) is 0.421. The van der Waals surface area contributed by atoms with Gasteiger partial charge >= 0.3 is 0 Å². The van der Waals surface area contributed by atoms with Crippen molar-refractivity contribution in [1.29, 1.82) is 0 Å². The third kappa shape index (κ3) is 5.63. The SMILES string of the molecule is NS(=O)(=O)c1ccc(OCCSc2nnc(Nc3ccccc3F)s2)cc1. The monoisotopic (exact) mass is 426 g/mol. The second kappa shape index (κ2) is 8.65. The third-order valence-electron chi connectivity index (χ3n) is 3.25. The Labute approximate surface area is 163 Å². The molecule has 0 bridgehead atoms. The molecular formula is C16H15FN4O3S3. The minimum absolute atomic E-state index is 0.0352. The van der Waals surface area contributed by atoms with E-state index in [4.69, 9.17) is 9.88 Å². The van der Waals surface area contributed by atoms with Crippen molar-refractivity contribution in [1.82, 2.24) is 10.2 Å². The van der Waals surface area contributed by atoms with Gasteiger partial charge in [0.05, 0.1) is 17.2 Å². The van der Waals surface area contributed by atoms with Crippen molar-refractivity contribution >= 4 is 43.9 Å². The summed E-state index contributed by atoms with van der Waals surface area (Å²) in [7, 11) is -3.71. The summed E-state index contributed by atoms with van der Waals surface area (Å²) < 4.78 is 42.3. The van der Waals surface area contributed by atoms with Crippen molar-refractivity contribution in [2.24, 2.45) is 5.14 Å². The molecule has 27 heavy (non-hydrogen) atoms. The van der Waals surface area contributed by atoms with Gasteiger partial charge in [-0.15, -0.1) is 10.2 Å². The number of primary sulfonamides is 1. The largest absolute Gasteiger partial charge is 0.493 e. The number of anilines is 2. The van der Waals surface area contributed by atoms with E-state index in [1.54, 1.807) is 30.3 Å². The standard InChI is InChI=1S/C16H15FN4O3S3/c17-13-3-1-2-4-14(13)19-15-20-21-16(26-15)25-10-9-24-11-5-7-12(8-6-11)27(18,22)23/h1-8H,9-10H2,(H,19,20)(H2,18,22,23). The van der Waals surface area contributed by atoms with Gasteiger partial charge in [0.25, 0.3) is 0 Å². The van der Waals surface area contributed by atoms with Gasteiger partial charge < -0.3 is 10.1 Å². The van der Waals surface area contributed by atoms with Gasteiger partial charge in [0.15, 0.2) is 4.34 Å². The summed E-state index contributed by atoms with van der Waals surface area (Å²) in [6, 6.07) is 12.2. The van der Waals surface area contributed by atoms with Crippen molar-refractivity contribution in [3.05, 3.63) is 54.3 Å². The molecular weight excluding hydrogens is 411 g/mol. The van der Waals surface area contributed by atoms with E-state index in [0.717, 1.165) is 4.34 Å². The van der Waals surface area contributed by atoms with Crippen LogP contribution in [-0.4, -0.2) is 31.0 Å². The summed E-state index contributed by atoms with van der Waals surface area (Å²) in [6.45, 7) is 0.398. The third-order valence-corrected chi connectivity index (χ3v) is 6.12. The van der Waals surface area contributed by atoms with Gasteiger partial charge in [-0.25, -0.2) is 17.9 Å². The van der Waals surface area contributed by atoms with Crippen molar-refractivity contribution in [3.8, 4) is 5.75 Å². The van der Waals surface area contributed by atoms with Crippen LogP contribution >= 0.6 is 23.1 Å². The zero-order valence-corrected chi connectivity index (χ0v) is 16.3. The molecule has 0 aliphatic heterocycles. The molecule has 2 aromatic carbocycles. The second-order valence-corrected chi connectivity index (χ2v) is 9.07. The van der Waals surface area contributed by atoms with Crippen molar-refractivity contribution in [2.75, 3.05) is 17.7 Å². The zero-order valence-electron chi connectivity index (χ0n) is 13.8. The number of hydrogen-bond acceptors (Lipinski definition) is 8. The molecule has 0 saturated heterocycles. The Bertz CT molecular complexity index is 1010. The van der Waals surface area contributed by atoms with Crippen molar-refractivity contribution in [3.63, 3.8) is 0 Å². The maximum atomic E-state index is 13.6. The molecule has 0 aliphatic carbocycles. The topological polar surface area (TPSA) is 107 Å². The predicted octanol–water partition coefficient (Wildman–Crippen LogP) is 3.24. The van der Waals surface area contributed by atoms with Gasteiger partial charge in [0.2, 0.25) is 15.2 Å². The number of nitrogens with zero attached hydrogens (tertiary/aromatic N) is 2. The van der Waals surface area contributed by atoms with Crippen molar-refractivity contribution < 1.29 is 17.5 Å². The fourth-order valence-electron chi connectivity index (χ4n) is 2.01. The number of aromatic nitrogens is 2. The molecule has 3 N–H and O–H groups in total. The Hall–Kier alpha value is -2.21. The number of hydrogen-bond donors (Lipinski definition) is 2. The van der Waals surface area contributed by atoms with Crippen LogP contribution < -0.4 is 15.2 Å². The minimum atomic E-state index is -3.71. The fraction of sp³-hybridized carbons (Fsp3) is 0.125. The number of rotatable bonds is 8. The summed E-state index contributed by atoms with van der Waals surface area (Å²) in [5, 5.41) is 16.5. The van der Waals surface area contributed by atoms with Gasteiger partial charge in [0.1, 0.15) is 11.6 Å². The Morgan fingerprint density at radius 2 is 1.89 bits per heavy atom. The van der Waals surface area contributed by atoms with Crippen molar-refractivity contribution in [2.45, 2.75) is 9.24 Å². The van der Waals surface area contributed by atoms with Crippen LogP contribution in [0.25, 0.3) is 0 Å². The summed E-state index contributed by atoms with van der Waals surface area (Å²) in [5.41, 5.74) is 0.344. The lowest BCUT2D eigenvalue weighted by Gasteiger charge is -2.05. The molecule has 0 aliphatic rings. The average molecular weight is 427 g/mol. The Morgan fingerprint density at radius 3 is 2.59 bits per heavy atom. The van der Waals surface area contributed by atoms with Crippen LogP contribution in [-0.2, 0) is 10.0 Å². The predicted molar refractivity (Wildman–Crippen MR) is 104 cm³/mol. The molecule has 0 amide bonds. The first kappa shape index (κ1) is 19.5. The lowest BCUT2D eigenvalue weighted by Crippen LogP contribution is -2.11. The summed E-state index contributed by atoms with van der Waals surface area (Å²) in [6.07, 6.45) is 0. The maximum absolute atomic E-state index is 13.6. The lowest BCUT2D eigenvalue weighted by molar-refractivity contribution is 0.343. The van der Waals surface area contributed by atoms with E-state index in [2.05, 4.69) is 15.5 Å². The van der Waals surface area contributed by atoms with Gasteiger partial charge in [-0.3, -0.25) is 0 Å². The molecule has 0 spiro atoms. The van der Waals surface area contributed by atoms with E-state index in [-0.39, 0.29) is 10.7 Å². The molecule has 0 saturated carbocycles. The number of sulfonamides is 1. The van der Waals surface area contributed by atoms with Crippen LogP contribution in [0.1, 0.15) is 0 Å². The molecule has 3 rings (SSSR count). The van der Waals surface area contributed by atoms with Crippen LogP contribution in [0, 0.1) is 5.82 Å². The number of benzene rings is 2. The van der Waals surface area contributed by atoms with Gasteiger partial charge in [-0.1, -0.05) is 35.2 Å². The number of thioether (sulfide) groups is 1. The first-order valence-electron chi connectivity index (χ1n) is 7.65. The maximum Gasteiger partial charge on any atom is 0.238 e. The van der Waals surface area contributed by atoms with E-state index in [1.807, 2.05) is 0 Å². The molecule has 7 nitrogen and oxygen atoms in total. The normalized spacial score (nSPS) is 11.3. The van der Waals surface area contributed by atoms with Crippen LogP contribution in [0.4, 0.5) is 15.2 Å². The molecule has 1 aromatic heterocycles.